The molecule has 5 nitrogen and oxygen atoms in total. The average Bonchev–Trinajstić information content (AvgIpc) is 2.37. The molecule has 1 saturated heterocycles. The number of rotatable bonds is 7. The molecule has 0 radical (unpaired) electrons. The van der Waals surface area contributed by atoms with E-state index in [2.05, 4.69) is 17.1 Å². The number of carbonyl (C=O) groups excluding carboxylic acids is 1. The lowest BCUT2D eigenvalue weighted by atomic mass is 9.97. The summed E-state index contributed by atoms with van der Waals surface area (Å²) in [6, 6.07) is 0. The van der Waals surface area contributed by atoms with E-state index in [0.717, 1.165) is 39.2 Å². The molecular weight excluding hydrogens is 244 g/mol. The van der Waals surface area contributed by atoms with Gasteiger partial charge in [0.05, 0.1) is 19.3 Å². The van der Waals surface area contributed by atoms with Crippen LogP contribution in [0.4, 0.5) is 0 Å². The Labute approximate surface area is 116 Å². The third-order valence-corrected chi connectivity index (χ3v) is 3.55. The van der Waals surface area contributed by atoms with Crippen LogP contribution in [0.25, 0.3) is 0 Å². The molecule has 0 spiro atoms. The summed E-state index contributed by atoms with van der Waals surface area (Å²) in [5.41, 5.74) is -0.591. The lowest BCUT2D eigenvalue weighted by Gasteiger charge is -2.34. The summed E-state index contributed by atoms with van der Waals surface area (Å²) in [7, 11) is 0. The van der Waals surface area contributed by atoms with Crippen molar-refractivity contribution in [2.75, 3.05) is 39.4 Å². The molecular formula is C14H28N2O3. The quantitative estimate of drug-likeness (QED) is 0.702. The van der Waals surface area contributed by atoms with E-state index < -0.39 is 5.54 Å². The largest absolute Gasteiger partial charge is 0.465 e. The number of hydrogen-bond donors (Lipinski definition) is 1. The number of esters is 1. The number of likely N-dealkylation sites (N-methyl/N-ethyl adjacent to an activating group) is 1. The second kappa shape index (κ2) is 7.82. The average molecular weight is 272 g/mol. The van der Waals surface area contributed by atoms with Crippen molar-refractivity contribution >= 4 is 5.97 Å². The van der Waals surface area contributed by atoms with Gasteiger partial charge in [-0.25, -0.2) is 0 Å². The van der Waals surface area contributed by atoms with Crippen LogP contribution in [-0.2, 0) is 14.3 Å². The summed E-state index contributed by atoms with van der Waals surface area (Å²) in [4.78, 5) is 14.4. The van der Waals surface area contributed by atoms with Crippen molar-refractivity contribution in [3.63, 3.8) is 0 Å². The Morgan fingerprint density at radius 1 is 1.53 bits per heavy atom. The number of hydrogen-bond acceptors (Lipinski definition) is 5. The Kier molecular flexibility index (Phi) is 6.75. The molecule has 0 aromatic rings. The summed E-state index contributed by atoms with van der Waals surface area (Å²) in [6.45, 7) is 12.6. The minimum atomic E-state index is -0.591. The number of nitrogens with one attached hydrogen (secondary N) is 1. The molecule has 0 aromatic carbocycles. The topological polar surface area (TPSA) is 50.8 Å². The maximum atomic E-state index is 12.1. The maximum absolute atomic E-state index is 12.1. The highest BCUT2D eigenvalue weighted by atomic mass is 16.5. The fourth-order valence-electron chi connectivity index (χ4n) is 2.42. The van der Waals surface area contributed by atoms with Gasteiger partial charge in [0.25, 0.3) is 0 Å². The molecule has 0 aliphatic carbocycles. The minimum Gasteiger partial charge on any atom is -0.465 e. The van der Waals surface area contributed by atoms with Crippen LogP contribution in [0.5, 0.6) is 0 Å². The van der Waals surface area contributed by atoms with E-state index in [1.165, 1.54) is 0 Å². The standard InChI is InChI=1S/C14H28N2O3/c1-5-15-14(4,13(17)18-6-2)7-8-16-9-10-19-12(3)11-16/h12,15H,5-11H2,1-4H3. The van der Waals surface area contributed by atoms with Gasteiger partial charge >= 0.3 is 5.97 Å². The summed E-state index contributed by atoms with van der Waals surface area (Å²) < 4.78 is 10.7. The van der Waals surface area contributed by atoms with Crippen LogP contribution >= 0.6 is 0 Å². The Balaban J connectivity index is 2.50. The highest BCUT2D eigenvalue weighted by molar-refractivity contribution is 5.80. The van der Waals surface area contributed by atoms with E-state index in [4.69, 9.17) is 9.47 Å². The molecule has 2 atom stereocenters. The van der Waals surface area contributed by atoms with E-state index in [1.54, 1.807) is 0 Å². The van der Waals surface area contributed by atoms with Crippen molar-refractivity contribution in [3.05, 3.63) is 0 Å². The number of nitrogens with zero attached hydrogens (tertiary/aromatic N) is 1. The van der Waals surface area contributed by atoms with E-state index in [-0.39, 0.29) is 12.1 Å². The summed E-state index contributed by atoms with van der Waals surface area (Å²) in [5, 5.41) is 3.26. The Hall–Kier alpha value is -0.650. The normalized spacial score (nSPS) is 23.9. The minimum absolute atomic E-state index is 0.154. The first-order valence-corrected chi connectivity index (χ1v) is 7.28. The number of carbonyl (C=O) groups is 1. The second-order valence-electron chi connectivity index (χ2n) is 5.31. The molecule has 2 unspecified atom stereocenters. The van der Waals surface area contributed by atoms with Crippen LogP contribution in [0.15, 0.2) is 0 Å². The zero-order valence-electron chi connectivity index (χ0n) is 12.7. The van der Waals surface area contributed by atoms with Gasteiger partial charge < -0.3 is 14.8 Å². The molecule has 112 valence electrons. The molecule has 0 amide bonds. The van der Waals surface area contributed by atoms with Crippen molar-refractivity contribution < 1.29 is 14.3 Å². The van der Waals surface area contributed by atoms with Crippen LogP contribution in [0.2, 0.25) is 0 Å². The lowest BCUT2D eigenvalue weighted by Crippen LogP contribution is -2.53. The Bertz CT molecular complexity index is 286. The van der Waals surface area contributed by atoms with Crippen molar-refractivity contribution in [2.24, 2.45) is 0 Å². The van der Waals surface area contributed by atoms with Gasteiger partial charge in [-0.3, -0.25) is 9.69 Å². The van der Waals surface area contributed by atoms with Crippen LogP contribution in [-0.4, -0.2) is 61.9 Å². The SMILES string of the molecule is CCNC(C)(CCN1CCOC(C)C1)C(=O)OCC. The molecule has 1 aliphatic heterocycles. The van der Waals surface area contributed by atoms with E-state index in [9.17, 15) is 4.79 Å². The Morgan fingerprint density at radius 3 is 2.84 bits per heavy atom. The molecule has 1 N–H and O–H groups in total. The van der Waals surface area contributed by atoms with Gasteiger partial charge in [0.1, 0.15) is 5.54 Å². The van der Waals surface area contributed by atoms with Crippen LogP contribution in [0, 0.1) is 0 Å². The van der Waals surface area contributed by atoms with Crippen LogP contribution in [0.1, 0.15) is 34.1 Å². The molecule has 0 saturated carbocycles. The fourth-order valence-corrected chi connectivity index (χ4v) is 2.42. The summed E-state index contributed by atoms with van der Waals surface area (Å²) >= 11 is 0. The molecule has 19 heavy (non-hydrogen) atoms. The zero-order chi connectivity index (χ0) is 14.3. The predicted octanol–water partition coefficient (Wildman–Crippen LogP) is 1.03. The third-order valence-electron chi connectivity index (χ3n) is 3.55. The number of ether oxygens (including phenoxy) is 2. The van der Waals surface area contributed by atoms with Gasteiger partial charge in [0, 0.05) is 19.6 Å². The molecule has 0 bridgehead atoms. The van der Waals surface area contributed by atoms with Gasteiger partial charge in [-0.1, -0.05) is 6.92 Å². The van der Waals surface area contributed by atoms with E-state index in [0.29, 0.717) is 6.61 Å². The smallest absolute Gasteiger partial charge is 0.326 e. The van der Waals surface area contributed by atoms with Gasteiger partial charge in [-0.2, -0.15) is 0 Å². The molecule has 1 heterocycles. The van der Waals surface area contributed by atoms with Gasteiger partial charge in [0.2, 0.25) is 0 Å². The van der Waals surface area contributed by atoms with Crippen LogP contribution < -0.4 is 5.32 Å². The predicted molar refractivity (Wildman–Crippen MR) is 75.2 cm³/mol. The van der Waals surface area contributed by atoms with Gasteiger partial charge in [0.15, 0.2) is 0 Å². The first-order valence-electron chi connectivity index (χ1n) is 7.28. The fraction of sp³-hybridized carbons (Fsp3) is 0.929. The third kappa shape index (κ3) is 5.09. The molecule has 1 aliphatic rings. The first kappa shape index (κ1) is 16.4. The highest BCUT2D eigenvalue weighted by Gasteiger charge is 2.34. The first-order chi connectivity index (χ1) is 9.01. The molecule has 1 fully saturated rings. The zero-order valence-corrected chi connectivity index (χ0v) is 12.7. The molecule has 1 rings (SSSR count). The van der Waals surface area contributed by atoms with Crippen molar-refractivity contribution in [2.45, 2.75) is 45.8 Å². The van der Waals surface area contributed by atoms with Crippen molar-refractivity contribution in [3.8, 4) is 0 Å². The maximum Gasteiger partial charge on any atom is 0.326 e. The van der Waals surface area contributed by atoms with E-state index >= 15 is 0 Å². The monoisotopic (exact) mass is 272 g/mol. The van der Waals surface area contributed by atoms with Crippen molar-refractivity contribution in [1.82, 2.24) is 10.2 Å². The second-order valence-corrected chi connectivity index (χ2v) is 5.31. The van der Waals surface area contributed by atoms with Crippen LogP contribution in [0.3, 0.4) is 0 Å². The van der Waals surface area contributed by atoms with Gasteiger partial charge in [-0.15, -0.1) is 0 Å². The number of morpholine rings is 1. The van der Waals surface area contributed by atoms with E-state index in [1.807, 2.05) is 20.8 Å². The summed E-state index contributed by atoms with van der Waals surface area (Å²) in [6.07, 6.45) is 1.04. The Morgan fingerprint density at radius 2 is 2.26 bits per heavy atom. The highest BCUT2D eigenvalue weighted by Crippen LogP contribution is 2.15. The molecule has 0 aromatic heterocycles. The summed E-state index contributed by atoms with van der Waals surface area (Å²) in [5.74, 6) is -0.154. The van der Waals surface area contributed by atoms with Gasteiger partial charge in [-0.05, 0) is 33.7 Å². The lowest BCUT2D eigenvalue weighted by molar-refractivity contribution is -0.151. The molecule has 5 heteroatoms. The van der Waals surface area contributed by atoms with Crippen molar-refractivity contribution in [1.29, 1.82) is 0 Å².